The Bertz CT molecular complexity index is 435. The van der Waals surface area contributed by atoms with Crippen molar-refractivity contribution in [3.8, 4) is 0 Å². The number of carbonyl (C=O) groups excluding carboxylic acids is 1. The molecule has 2 heterocycles. The standard InChI is InChI=1S/C7H7N5OS/c1-2-12-6(3-8-10-12)7(13)5-4-14-11-9-5/h3-4H,2H2,1H3. The van der Waals surface area contributed by atoms with Gasteiger partial charge < -0.3 is 0 Å². The molecule has 0 aliphatic carbocycles. The summed E-state index contributed by atoms with van der Waals surface area (Å²) in [4.78, 5) is 11.8. The lowest BCUT2D eigenvalue weighted by atomic mass is 10.2. The van der Waals surface area contributed by atoms with Crippen molar-refractivity contribution >= 4 is 17.3 Å². The van der Waals surface area contributed by atoms with Gasteiger partial charge in [-0.3, -0.25) is 4.79 Å². The SMILES string of the molecule is CCn1nncc1C(=O)c1csnn1. The van der Waals surface area contributed by atoms with Crippen LogP contribution in [0.2, 0.25) is 0 Å². The van der Waals surface area contributed by atoms with Gasteiger partial charge in [0.25, 0.3) is 0 Å². The van der Waals surface area contributed by atoms with Gasteiger partial charge >= 0.3 is 0 Å². The van der Waals surface area contributed by atoms with Crippen LogP contribution in [0, 0.1) is 0 Å². The van der Waals surface area contributed by atoms with Crippen LogP contribution in [0.3, 0.4) is 0 Å². The summed E-state index contributed by atoms with van der Waals surface area (Å²) in [5, 5.41) is 12.7. The first-order chi connectivity index (χ1) is 6.83. The third kappa shape index (κ3) is 1.41. The van der Waals surface area contributed by atoms with Crippen LogP contribution in [-0.2, 0) is 6.54 Å². The molecule has 0 aromatic carbocycles. The monoisotopic (exact) mass is 209 g/mol. The van der Waals surface area contributed by atoms with Crippen LogP contribution in [0.1, 0.15) is 23.1 Å². The van der Waals surface area contributed by atoms with Crippen molar-refractivity contribution in [1.29, 1.82) is 0 Å². The molecule has 2 aromatic rings. The first-order valence-electron chi connectivity index (χ1n) is 4.03. The molecule has 14 heavy (non-hydrogen) atoms. The highest BCUT2D eigenvalue weighted by atomic mass is 32.1. The van der Waals surface area contributed by atoms with Crippen LogP contribution in [0.4, 0.5) is 0 Å². The lowest BCUT2D eigenvalue weighted by molar-refractivity contribution is 0.102. The average Bonchev–Trinajstić information content (AvgIpc) is 2.87. The molecule has 0 aliphatic rings. The number of aromatic nitrogens is 5. The van der Waals surface area contributed by atoms with Gasteiger partial charge in [-0.25, -0.2) is 4.68 Å². The molecule has 2 aromatic heterocycles. The first-order valence-corrected chi connectivity index (χ1v) is 4.87. The fourth-order valence-electron chi connectivity index (χ4n) is 1.06. The molecule has 72 valence electrons. The highest BCUT2D eigenvalue weighted by Crippen LogP contribution is 2.06. The van der Waals surface area contributed by atoms with E-state index in [0.717, 1.165) is 11.5 Å². The van der Waals surface area contributed by atoms with Crippen molar-refractivity contribution in [2.75, 3.05) is 0 Å². The zero-order valence-electron chi connectivity index (χ0n) is 7.41. The van der Waals surface area contributed by atoms with Crippen molar-refractivity contribution in [1.82, 2.24) is 24.6 Å². The predicted octanol–water partition coefficient (Wildman–Crippen LogP) is 0.381. The highest BCUT2D eigenvalue weighted by Gasteiger charge is 2.16. The molecule has 0 saturated heterocycles. The van der Waals surface area contributed by atoms with Crippen LogP contribution < -0.4 is 0 Å². The lowest BCUT2D eigenvalue weighted by Crippen LogP contribution is -2.10. The smallest absolute Gasteiger partial charge is 0.233 e. The molecule has 6 nitrogen and oxygen atoms in total. The lowest BCUT2D eigenvalue weighted by Gasteiger charge is -1.98. The van der Waals surface area contributed by atoms with E-state index in [0.29, 0.717) is 17.9 Å². The summed E-state index contributed by atoms with van der Waals surface area (Å²) in [5.74, 6) is -0.189. The normalized spacial score (nSPS) is 10.4. The second-order valence-electron chi connectivity index (χ2n) is 2.55. The van der Waals surface area contributed by atoms with E-state index in [2.05, 4.69) is 19.9 Å². The van der Waals surface area contributed by atoms with Gasteiger partial charge in [0.05, 0.1) is 6.20 Å². The van der Waals surface area contributed by atoms with E-state index in [-0.39, 0.29) is 5.78 Å². The Morgan fingerprint density at radius 3 is 3.14 bits per heavy atom. The van der Waals surface area contributed by atoms with E-state index in [1.807, 2.05) is 6.92 Å². The number of carbonyl (C=O) groups is 1. The Kier molecular flexibility index (Phi) is 2.32. The zero-order valence-corrected chi connectivity index (χ0v) is 8.23. The third-order valence-corrected chi connectivity index (χ3v) is 2.25. The van der Waals surface area contributed by atoms with E-state index in [1.165, 1.54) is 10.9 Å². The van der Waals surface area contributed by atoms with Crippen molar-refractivity contribution in [3.63, 3.8) is 0 Å². The first kappa shape index (κ1) is 8.95. The fourth-order valence-corrected chi connectivity index (χ4v) is 1.50. The molecule has 0 atom stereocenters. The van der Waals surface area contributed by atoms with Gasteiger partial charge in [0.1, 0.15) is 11.4 Å². The molecule has 0 aliphatic heterocycles. The number of hydrogen-bond donors (Lipinski definition) is 0. The maximum Gasteiger partial charge on any atom is 0.233 e. The Balaban J connectivity index is 2.36. The van der Waals surface area contributed by atoms with Gasteiger partial charge in [-0.1, -0.05) is 9.70 Å². The van der Waals surface area contributed by atoms with E-state index in [4.69, 9.17) is 0 Å². The summed E-state index contributed by atoms with van der Waals surface area (Å²) in [5.41, 5.74) is 0.784. The van der Waals surface area contributed by atoms with Gasteiger partial charge in [-0.15, -0.1) is 10.2 Å². The molecule has 0 amide bonds. The quantitative estimate of drug-likeness (QED) is 0.683. The van der Waals surface area contributed by atoms with Crippen LogP contribution >= 0.6 is 11.5 Å². The second kappa shape index (κ2) is 3.62. The Labute approximate surface area is 83.7 Å². The number of rotatable bonds is 3. The van der Waals surface area contributed by atoms with Crippen molar-refractivity contribution in [3.05, 3.63) is 23.0 Å². The van der Waals surface area contributed by atoms with Crippen molar-refractivity contribution in [2.45, 2.75) is 13.5 Å². The van der Waals surface area contributed by atoms with Gasteiger partial charge in [0.2, 0.25) is 5.78 Å². The minimum Gasteiger partial charge on any atom is -0.285 e. The van der Waals surface area contributed by atoms with Crippen LogP contribution in [0.25, 0.3) is 0 Å². The van der Waals surface area contributed by atoms with Crippen molar-refractivity contribution < 1.29 is 4.79 Å². The number of ketones is 1. The van der Waals surface area contributed by atoms with Crippen LogP contribution in [-0.4, -0.2) is 30.4 Å². The number of hydrogen-bond acceptors (Lipinski definition) is 6. The van der Waals surface area contributed by atoms with Crippen LogP contribution in [0.15, 0.2) is 11.6 Å². The maximum atomic E-state index is 11.8. The minimum absolute atomic E-state index is 0.189. The second-order valence-corrected chi connectivity index (χ2v) is 3.16. The number of nitrogens with zero attached hydrogens (tertiary/aromatic N) is 5. The van der Waals surface area contributed by atoms with E-state index in [1.54, 1.807) is 5.38 Å². The summed E-state index contributed by atoms with van der Waals surface area (Å²) in [6, 6.07) is 0. The maximum absolute atomic E-state index is 11.8. The molecular formula is C7H7N5OS. The molecule has 0 radical (unpaired) electrons. The summed E-state index contributed by atoms with van der Waals surface area (Å²) >= 11 is 1.15. The largest absolute Gasteiger partial charge is 0.285 e. The molecule has 0 unspecified atom stereocenters. The molecule has 0 spiro atoms. The summed E-state index contributed by atoms with van der Waals surface area (Å²) in [6.45, 7) is 2.50. The summed E-state index contributed by atoms with van der Waals surface area (Å²) < 4.78 is 5.16. The van der Waals surface area contributed by atoms with Gasteiger partial charge in [0.15, 0.2) is 0 Å². The minimum atomic E-state index is -0.189. The van der Waals surface area contributed by atoms with Gasteiger partial charge in [-0.2, -0.15) is 0 Å². The highest BCUT2D eigenvalue weighted by molar-refractivity contribution is 7.03. The molecule has 2 rings (SSSR count). The van der Waals surface area contributed by atoms with E-state index in [9.17, 15) is 4.79 Å². The third-order valence-electron chi connectivity index (χ3n) is 1.74. The fraction of sp³-hybridized carbons (Fsp3) is 0.286. The van der Waals surface area contributed by atoms with E-state index < -0.39 is 0 Å². The molecular weight excluding hydrogens is 202 g/mol. The van der Waals surface area contributed by atoms with Crippen LogP contribution in [0.5, 0.6) is 0 Å². The van der Waals surface area contributed by atoms with Gasteiger partial charge in [0, 0.05) is 11.9 Å². The molecule has 0 saturated carbocycles. The average molecular weight is 209 g/mol. The van der Waals surface area contributed by atoms with E-state index >= 15 is 0 Å². The predicted molar refractivity (Wildman–Crippen MR) is 49.0 cm³/mol. The van der Waals surface area contributed by atoms with Crippen molar-refractivity contribution in [2.24, 2.45) is 0 Å². The molecule has 7 heteroatoms. The van der Waals surface area contributed by atoms with Gasteiger partial charge in [-0.05, 0) is 18.5 Å². The molecule has 0 N–H and O–H groups in total. The topological polar surface area (TPSA) is 73.6 Å². The Hall–Kier alpha value is -1.63. The summed E-state index contributed by atoms with van der Waals surface area (Å²) in [7, 11) is 0. The molecule has 0 fully saturated rings. The summed E-state index contributed by atoms with van der Waals surface area (Å²) in [6.07, 6.45) is 1.44. The number of aryl methyl sites for hydroxylation is 1. The Morgan fingerprint density at radius 1 is 1.64 bits per heavy atom. The molecule has 0 bridgehead atoms. The zero-order chi connectivity index (χ0) is 9.97. The Morgan fingerprint density at radius 2 is 2.50 bits per heavy atom.